The zero-order valence-corrected chi connectivity index (χ0v) is 22.2. The standard InChI is InChI=1S/C28H51NO6/c1-2-3-4-5-6-7-8-9-10-11-12-13-14-15-16-17-18-22-29(23-19-26(30)31,24-20-27(32)33)25-21-28(34)35/h17-18H,2-16,19-25H2,1H3,(H2-,30,31,32,33,34,35)/b18-17+. The minimum Gasteiger partial charge on any atom is -0.550 e. The van der Waals surface area contributed by atoms with E-state index in [9.17, 15) is 19.5 Å². The number of nitrogens with zero attached hydrogens (tertiary/aromatic N) is 1. The van der Waals surface area contributed by atoms with Gasteiger partial charge in [0.25, 0.3) is 0 Å². The van der Waals surface area contributed by atoms with Gasteiger partial charge in [-0.05, 0) is 18.9 Å². The SMILES string of the molecule is CCCCCCCCCCCCCCCC/C=C/C[N+](CCC(=O)[O-])(CCC(=O)O)CCC(=O)O. The van der Waals surface area contributed by atoms with Crippen molar-refractivity contribution in [2.24, 2.45) is 0 Å². The molecule has 0 rings (SSSR count). The lowest BCUT2D eigenvalue weighted by atomic mass is 10.0. The average Bonchev–Trinajstić information content (AvgIpc) is 2.81. The van der Waals surface area contributed by atoms with Crippen LogP contribution in [0.25, 0.3) is 0 Å². The van der Waals surface area contributed by atoms with E-state index in [-0.39, 0.29) is 43.4 Å². The first-order chi connectivity index (χ1) is 16.8. The van der Waals surface area contributed by atoms with Crippen molar-refractivity contribution in [1.82, 2.24) is 0 Å². The molecule has 0 amide bonds. The summed E-state index contributed by atoms with van der Waals surface area (Å²) in [5, 5.41) is 29.1. The summed E-state index contributed by atoms with van der Waals surface area (Å²) in [6, 6.07) is 0. The quantitative estimate of drug-likeness (QED) is 0.0949. The van der Waals surface area contributed by atoms with Gasteiger partial charge in [-0.2, -0.15) is 0 Å². The Morgan fingerprint density at radius 2 is 1.03 bits per heavy atom. The van der Waals surface area contributed by atoms with E-state index in [1.165, 1.54) is 83.5 Å². The molecule has 0 bridgehead atoms. The third-order valence-electron chi connectivity index (χ3n) is 6.77. The van der Waals surface area contributed by atoms with Crippen LogP contribution in [0.5, 0.6) is 0 Å². The van der Waals surface area contributed by atoms with Crippen LogP contribution in [-0.2, 0) is 14.4 Å². The van der Waals surface area contributed by atoms with Crippen LogP contribution in [-0.4, -0.2) is 58.8 Å². The number of carboxylic acids is 3. The van der Waals surface area contributed by atoms with E-state index in [1.807, 2.05) is 6.08 Å². The van der Waals surface area contributed by atoms with Crippen molar-refractivity contribution in [2.45, 2.75) is 122 Å². The molecule has 7 heteroatoms. The van der Waals surface area contributed by atoms with E-state index in [4.69, 9.17) is 10.2 Å². The van der Waals surface area contributed by atoms with Gasteiger partial charge in [-0.25, -0.2) is 0 Å². The number of rotatable bonds is 26. The molecule has 0 aliphatic rings. The summed E-state index contributed by atoms with van der Waals surface area (Å²) in [5.74, 6) is -3.14. The Balaban J connectivity index is 4.11. The van der Waals surface area contributed by atoms with Crippen LogP contribution in [0, 0.1) is 0 Å². The van der Waals surface area contributed by atoms with Crippen LogP contribution in [0.15, 0.2) is 12.2 Å². The monoisotopic (exact) mass is 497 g/mol. The molecule has 0 aliphatic heterocycles. The summed E-state index contributed by atoms with van der Waals surface area (Å²) in [7, 11) is 0. The van der Waals surface area contributed by atoms with Crippen molar-refractivity contribution in [3.63, 3.8) is 0 Å². The first kappa shape index (κ1) is 33.1. The van der Waals surface area contributed by atoms with Crippen molar-refractivity contribution in [2.75, 3.05) is 26.2 Å². The maximum atomic E-state index is 11.1. The van der Waals surface area contributed by atoms with Crippen LogP contribution in [0.3, 0.4) is 0 Å². The lowest BCUT2D eigenvalue weighted by molar-refractivity contribution is -0.921. The topological polar surface area (TPSA) is 115 Å². The summed E-state index contributed by atoms with van der Waals surface area (Å²) in [6.45, 7) is 3.28. The summed E-state index contributed by atoms with van der Waals surface area (Å²) >= 11 is 0. The van der Waals surface area contributed by atoms with Crippen LogP contribution in [0.2, 0.25) is 0 Å². The molecule has 0 spiro atoms. The molecular weight excluding hydrogens is 446 g/mol. The van der Waals surface area contributed by atoms with Gasteiger partial charge in [0.2, 0.25) is 0 Å². The van der Waals surface area contributed by atoms with Crippen molar-refractivity contribution in [3.05, 3.63) is 12.2 Å². The summed E-state index contributed by atoms with van der Waals surface area (Å²) in [6.07, 6.45) is 22.9. The first-order valence-electron chi connectivity index (χ1n) is 13.9. The molecule has 0 saturated heterocycles. The van der Waals surface area contributed by atoms with Crippen molar-refractivity contribution in [3.8, 4) is 0 Å². The Morgan fingerprint density at radius 1 is 0.629 bits per heavy atom. The Bertz CT molecular complexity index is 544. The first-order valence-corrected chi connectivity index (χ1v) is 13.9. The molecule has 204 valence electrons. The molecule has 35 heavy (non-hydrogen) atoms. The zero-order chi connectivity index (χ0) is 26.2. The molecule has 0 fully saturated rings. The summed E-state index contributed by atoms with van der Waals surface area (Å²) in [5.41, 5.74) is 0. The third-order valence-corrected chi connectivity index (χ3v) is 6.77. The normalized spacial score (nSPS) is 11.8. The molecule has 0 aromatic rings. The van der Waals surface area contributed by atoms with Gasteiger partial charge in [-0.1, -0.05) is 96.5 Å². The predicted octanol–water partition coefficient (Wildman–Crippen LogP) is 5.32. The van der Waals surface area contributed by atoms with Crippen molar-refractivity contribution < 1.29 is 34.2 Å². The summed E-state index contributed by atoms with van der Waals surface area (Å²) < 4.78 is 0.141. The molecule has 0 unspecified atom stereocenters. The number of quaternary nitrogens is 1. The van der Waals surface area contributed by atoms with E-state index in [0.717, 1.165) is 12.8 Å². The summed E-state index contributed by atoms with van der Waals surface area (Å²) in [4.78, 5) is 33.1. The number of allylic oxidation sites excluding steroid dienone is 1. The lowest BCUT2D eigenvalue weighted by Gasteiger charge is -2.37. The van der Waals surface area contributed by atoms with Crippen LogP contribution < -0.4 is 5.11 Å². The lowest BCUT2D eigenvalue weighted by Crippen LogP contribution is -2.52. The van der Waals surface area contributed by atoms with Gasteiger partial charge in [-0.3, -0.25) is 9.59 Å². The predicted molar refractivity (Wildman–Crippen MR) is 138 cm³/mol. The number of hydrogen-bond donors (Lipinski definition) is 2. The van der Waals surface area contributed by atoms with Crippen molar-refractivity contribution in [1.29, 1.82) is 0 Å². The minimum atomic E-state index is -1.20. The molecule has 0 radical (unpaired) electrons. The average molecular weight is 498 g/mol. The fraction of sp³-hybridized carbons (Fsp3) is 0.821. The second kappa shape index (κ2) is 22.6. The third kappa shape index (κ3) is 22.3. The highest BCUT2D eigenvalue weighted by molar-refractivity contribution is 5.67. The molecule has 0 atom stereocenters. The minimum absolute atomic E-state index is 0.126. The fourth-order valence-corrected chi connectivity index (χ4v) is 4.48. The second-order valence-electron chi connectivity index (χ2n) is 9.96. The van der Waals surface area contributed by atoms with Crippen LogP contribution >= 0.6 is 0 Å². The number of carbonyl (C=O) groups excluding carboxylic acids is 1. The van der Waals surface area contributed by atoms with Gasteiger partial charge in [0.05, 0.1) is 39.0 Å². The van der Waals surface area contributed by atoms with Gasteiger partial charge in [0.1, 0.15) is 0 Å². The Morgan fingerprint density at radius 3 is 1.43 bits per heavy atom. The number of unbranched alkanes of at least 4 members (excludes halogenated alkanes) is 14. The molecule has 0 heterocycles. The van der Waals surface area contributed by atoms with Crippen LogP contribution in [0.1, 0.15) is 122 Å². The number of carbonyl (C=O) groups is 3. The van der Waals surface area contributed by atoms with Gasteiger partial charge >= 0.3 is 11.9 Å². The Hall–Kier alpha value is -1.89. The van der Waals surface area contributed by atoms with E-state index in [0.29, 0.717) is 6.54 Å². The van der Waals surface area contributed by atoms with E-state index < -0.39 is 17.9 Å². The van der Waals surface area contributed by atoms with Gasteiger partial charge in [0.15, 0.2) is 0 Å². The van der Waals surface area contributed by atoms with Gasteiger partial charge in [0, 0.05) is 12.4 Å². The van der Waals surface area contributed by atoms with E-state index >= 15 is 0 Å². The molecule has 0 aromatic carbocycles. The smallest absolute Gasteiger partial charge is 0.309 e. The number of carboxylic acid groups (broad SMARTS) is 3. The highest BCUT2D eigenvalue weighted by Gasteiger charge is 2.27. The zero-order valence-electron chi connectivity index (χ0n) is 22.2. The largest absolute Gasteiger partial charge is 0.550 e. The van der Waals surface area contributed by atoms with Crippen LogP contribution in [0.4, 0.5) is 0 Å². The fourth-order valence-electron chi connectivity index (χ4n) is 4.48. The highest BCUT2D eigenvalue weighted by Crippen LogP contribution is 2.15. The molecule has 0 aromatic heterocycles. The second-order valence-corrected chi connectivity index (χ2v) is 9.96. The molecular formula is C28H51NO6. The maximum absolute atomic E-state index is 11.1. The Kier molecular flexibility index (Phi) is 21.3. The Labute approximate surface area is 213 Å². The van der Waals surface area contributed by atoms with Crippen molar-refractivity contribution >= 4 is 17.9 Å². The van der Waals surface area contributed by atoms with E-state index in [1.54, 1.807) is 0 Å². The molecule has 0 aliphatic carbocycles. The highest BCUT2D eigenvalue weighted by atomic mass is 16.4. The molecule has 7 nitrogen and oxygen atoms in total. The maximum Gasteiger partial charge on any atom is 0.309 e. The number of aliphatic carboxylic acids is 3. The number of hydrogen-bond acceptors (Lipinski definition) is 4. The van der Waals surface area contributed by atoms with Gasteiger partial charge in [-0.15, -0.1) is 0 Å². The van der Waals surface area contributed by atoms with Gasteiger partial charge < -0.3 is 24.6 Å². The molecule has 2 N–H and O–H groups in total. The molecule has 0 saturated carbocycles. The van der Waals surface area contributed by atoms with E-state index in [2.05, 4.69) is 13.0 Å².